The fourth-order valence-corrected chi connectivity index (χ4v) is 1.46. The second kappa shape index (κ2) is 10.6. The number of aryl methyl sites for hydroxylation is 2. The van der Waals surface area contributed by atoms with Crippen molar-refractivity contribution in [2.24, 2.45) is 0 Å². The predicted octanol–water partition coefficient (Wildman–Crippen LogP) is 3.36. The van der Waals surface area contributed by atoms with Gasteiger partial charge in [-0.1, -0.05) is 24.3 Å². The minimum atomic E-state index is -2.70. The predicted molar refractivity (Wildman–Crippen MR) is 83.0 cm³/mol. The van der Waals surface area contributed by atoms with Gasteiger partial charge in [-0.25, -0.2) is 13.2 Å². The normalized spacial score (nSPS) is 9.16. The summed E-state index contributed by atoms with van der Waals surface area (Å²) in [5, 5.41) is 16.3. The summed E-state index contributed by atoms with van der Waals surface area (Å²) in [6.07, 6.45) is 0. The molecule has 2 aromatic carbocycles. The van der Waals surface area contributed by atoms with Crippen LogP contribution in [0.4, 0.5) is 22.0 Å². The molecule has 5 nitrogen and oxygen atoms in total. The van der Waals surface area contributed by atoms with E-state index >= 15 is 0 Å². The molecule has 0 saturated heterocycles. The van der Waals surface area contributed by atoms with Crippen LogP contribution in [0.1, 0.15) is 11.1 Å². The molecule has 2 rings (SSSR count). The molecule has 0 radical (unpaired) electrons. The van der Waals surface area contributed by atoms with Crippen molar-refractivity contribution in [3.05, 3.63) is 64.5 Å². The van der Waals surface area contributed by atoms with E-state index in [1.165, 1.54) is 11.1 Å². The molecule has 0 bridgehead atoms. The van der Waals surface area contributed by atoms with Crippen molar-refractivity contribution in [3.8, 4) is 5.75 Å². The summed E-state index contributed by atoms with van der Waals surface area (Å²) in [5.41, 5.74) is 2.74. The molecule has 0 aromatic heterocycles. The second-order valence-electron chi connectivity index (χ2n) is 4.43. The lowest BCUT2D eigenvalue weighted by atomic mass is 10.1. The van der Waals surface area contributed by atoms with Crippen molar-refractivity contribution in [2.75, 3.05) is 0 Å². The molecular formula is C14H18BF5N2O3. The molecule has 25 heavy (non-hydrogen) atoms. The highest BCUT2D eigenvalue weighted by molar-refractivity contribution is 6.33. The third-order valence-corrected chi connectivity index (χ3v) is 2.82. The zero-order valence-corrected chi connectivity index (χ0v) is 13.5. The molecule has 0 atom stereocenters. The lowest BCUT2D eigenvalue weighted by molar-refractivity contribution is 0.263. The molecule has 0 fully saturated rings. The highest BCUT2D eigenvalue weighted by atomic mass is 19.2. The molecule has 0 amide bonds. The summed E-state index contributed by atoms with van der Waals surface area (Å²) in [7, 11) is -2.70. The molecule has 0 saturated carbocycles. The van der Waals surface area contributed by atoms with Crippen LogP contribution in [0.25, 0.3) is 0 Å². The Labute approximate surface area is 141 Å². The molecule has 0 aliphatic rings. The van der Waals surface area contributed by atoms with Gasteiger partial charge < -0.3 is 27.0 Å². The number of rotatable bonds is 2. The van der Waals surface area contributed by atoms with Crippen LogP contribution in [0.5, 0.6) is 5.75 Å². The monoisotopic (exact) mass is 368 g/mol. The van der Waals surface area contributed by atoms with E-state index in [9.17, 15) is 22.0 Å². The number of benzene rings is 2. The van der Waals surface area contributed by atoms with E-state index in [4.69, 9.17) is 10.0 Å². The molecule has 11 heteroatoms. The summed E-state index contributed by atoms with van der Waals surface area (Å²) in [4.78, 5) is 0. The van der Waals surface area contributed by atoms with E-state index in [1.54, 1.807) is 0 Å². The van der Waals surface area contributed by atoms with E-state index in [1.807, 2.05) is 0 Å². The third-order valence-electron chi connectivity index (χ3n) is 2.82. The van der Waals surface area contributed by atoms with Crippen LogP contribution in [-0.2, 0) is 0 Å². The van der Waals surface area contributed by atoms with E-state index in [0.29, 0.717) is 0 Å². The van der Waals surface area contributed by atoms with Gasteiger partial charge in [-0.05, 0) is 25.0 Å². The number of hydrogen-bond donors (Lipinski definition) is 4. The maximum atomic E-state index is 12.7. The molecule has 0 unspecified atom stereocenters. The Bertz CT molecular complexity index is 654. The van der Waals surface area contributed by atoms with E-state index in [2.05, 4.69) is 42.8 Å². The van der Waals surface area contributed by atoms with Gasteiger partial charge in [-0.15, -0.1) is 0 Å². The molecular weight excluding hydrogens is 350 g/mol. The Morgan fingerprint density at radius 1 is 0.720 bits per heavy atom. The lowest BCUT2D eigenvalue weighted by Gasteiger charge is -2.08. The van der Waals surface area contributed by atoms with Crippen LogP contribution in [0.15, 0.2) is 24.3 Å². The fourth-order valence-electron chi connectivity index (χ4n) is 1.46. The van der Waals surface area contributed by atoms with Crippen molar-refractivity contribution in [3.63, 3.8) is 0 Å². The van der Waals surface area contributed by atoms with Gasteiger partial charge in [0.1, 0.15) is 0 Å². The number of hydrogen-bond acceptors (Lipinski definition) is 5. The van der Waals surface area contributed by atoms with Crippen LogP contribution in [0.3, 0.4) is 0 Å². The molecule has 2 aromatic rings. The summed E-state index contributed by atoms with van der Waals surface area (Å²) in [6.45, 7) is 4.24. The Kier molecular flexibility index (Phi) is 10.6. The average Bonchev–Trinajstić information content (AvgIpc) is 2.51. The first-order valence-corrected chi connectivity index (χ1v) is 6.23. The van der Waals surface area contributed by atoms with Crippen molar-refractivity contribution < 1.29 is 36.7 Å². The van der Waals surface area contributed by atoms with E-state index in [-0.39, 0.29) is 12.3 Å². The van der Waals surface area contributed by atoms with Crippen LogP contribution < -0.4 is 17.0 Å². The molecule has 8 N–H and O–H groups in total. The highest BCUT2D eigenvalue weighted by Crippen LogP contribution is 2.28. The van der Waals surface area contributed by atoms with Crippen molar-refractivity contribution in [1.82, 2.24) is 12.3 Å². The minimum Gasteiger partial charge on any atom is -0.507 e. The van der Waals surface area contributed by atoms with Crippen LogP contribution in [0, 0.1) is 42.9 Å². The van der Waals surface area contributed by atoms with Gasteiger partial charge in [-0.3, -0.25) is 0 Å². The summed E-state index contributed by atoms with van der Waals surface area (Å²) >= 11 is 0. The summed E-state index contributed by atoms with van der Waals surface area (Å²) in [5.74, 6) is -13.1. The zero-order valence-electron chi connectivity index (χ0n) is 13.5. The fraction of sp³-hybridized carbons (Fsp3) is 0.143. The quantitative estimate of drug-likeness (QED) is 0.280. The second-order valence-corrected chi connectivity index (χ2v) is 4.43. The van der Waals surface area contributed by atoms with Crippen molar-refractivity contribution in [2.45, 2.75) is 13.8 Å². The van der Waals surface area contributed by atoms with Crippen LogP contribution >= 0.6 is 0 Å². The van der Waals surface area contributed by atoms with E-state index in [0.717, 1.165) is 0 Å². The van der Waals surface area contributed by atoms with Crippen LogP contribution in [-0.4, -0.2) is 17.4 Å². The minimum absolute atomic E-state index is 0. The Morgan fingerprint density at radius 2 is 1.04 bits per heavy atom. The first-order chi connectivity index (χ1) is 10.7. The van der Waals surface area contributed by atoms with E-state index < -0.39 is 42.2 Å². The van der Waals surface area contributed by atoms with Gasteiger partial charge in [0.25, 0.3) is 0 Å². The third kappa shape index (κ3) is 6.31. The highest BCUT2D eigenvalue weighted by Gasteiger charge is 2.29. The molecule has 0 aliphatic heterocycles. The van der Waals surface area contributed by atoms with Gasteiger partial charge in [0.05, 0.1) is 0 Å². The summed E-state index contributed by atoms with van der Waals surface area (Å²) < 4.78 is 66.3. The maximum absolute atomic E-state index is 12.7. The average molecular weight is 368 g/mol. The number of halogens is 5. The lowest BCUT2D eigenvalue weighted by Crippen LogP contribution is -2.23. The van der Waals surface area contributed by atoms with Crippen molar-refractivity contribution >= 4 is 7.32 Å². The molecule has 0 spiro atoms. The van der Waals surface area contributed by atoms with Crippen molar-refractivity contribution in [1.29, 1.82) is 0 Å². The molecule has 0 heterocycles. The topological polar surface area (TPSA) is 120 Å². The Hall–Kier alpha value is -2.21. The first kappa shape index (κ1) is 25.0. The maximum Gasteiger partial charge on any atom is 0.707 e. The largest absolute Gasteiger partial charge is 0.707 e. The first-order valence-electron chi connectivity index (χ1n) is 6.23. The Balaban J connectivity index is 0. The van der Waals surface area contributed by atoms with Gasteiger partial charge in [0.2, 0.25) is 29.1 Å². The Morgan fingerprint density at radius 3 is 1.32 bits per heavy atom. The molecule has 140 valence electrons. The van der Waals surface area contributed by atoms with Gasteiger partial charge in [-0.2, -0.15) is 8.78 Å². The van der Waals surface area contributed by atoms with Gasteiger partial charge in [0, 0.05) is 0 Å². The van der Waals surface area contributed by atoms with Crippen LogP contribution in [0.2, 0.25) is 0 Å². The summed E-state index contributed by atoms with van der Waals surface area (Å²) in [6, 6.07) is 8.36. The van der Waals surface area contributed by atoms with Gasteiger partial charge in [0.15, 0.2) is 5.75 Å². The SMILES string of the molecule is Cc1ccccc1C.N.N.OB(O)Oc1c(F)c(F)c(F)c(F)c1F. The molecule has 0 aliphatic carbocycles. The zero-order chi connectivity index (χ0) is 17.7. The van der Waals surface area contributed by atoms with Gasteiger partial charge >= 0.3 is 7.32 Å². The smallest absolute Gasteiger partial charge is 0.507 e. The standard InChI is InChI=1S/C8H10.C6H2BF5O3.2H3N/c1-7-5-3-4-6-8(7)2;8-1-2(9)4(11)6(15-7(13)14)5(12)3(1)10;;/h3-6H,1-2H3;13-14H;2*1H3.